The second-order valence-electron chi connectivity index (χ2n) is 5.65. The maximum absolute atomic E-state index is 6.24. The zero-order chi connectivity index (χ0) is 15.1. The second kappa shape index (κ2) is 16.4. The summed E-state index contributed by atoms with van der Waals surface area (Å²) >= 11 is 6.24. The first kappa shape index (κ1) is 21.0. The fraction of sp³-hybridized carbons (Fsp3) is 1.00. The molecule has 0 aromatic carbocycles. The van der Waals surface area contributed by atoms with Crippen molar-refractivity contribution in [3.8, 4) is 0 Å². The Morgan fingerprint density at radius 3 is 1.75 bits per heavy atom. The number of halogens is 1. The van der Waals surface area contributed by atoms with Crippen molar-refractivity contribution < 1.29 is 0 Å². The Kier molecular flexibility index (Phi) is 17.2. The van der Waals surface area contributed by atoms with Crippen LogP contribution in [-0.2, 0) is 0 Å². The molecular formula is C17H35ClS2. The quantitative estimate of drug-likeness (QED) is 0.172. The largest absolute Gasteiger partial charge is 0.125 e. The van der Waals surface area contributed by atoms with Gasteiger partial charge < -0.3 is 0 Å². The van der Waals surface area contributed by atoms with Crippen molar-refractivity contribution in [3.63, 3.8) is 0 Å². The molecule has 0 bridgehead atoms. The van der Waals surface area contributed by atoms with Gasteiger partial charge in [0.25, 0.3) is 0 Å². The summed E-state index contributed by atoms with van der Waals surface area (Å²) < 4.78 is 0. The molecule has 0 aromatic rings. The van der Waals surface area contributed by atoms with Crippen LogP contribution in [0.5, 0.6) is 0 Å². The molecule has 0 fully saturated rings. The van der Waals surface area contributed by atoms with Crippen LogP contribution in [0.3, 0.4) is 0 Å². The number of hydrogen-bond acceptors (Lipinski definition) is 2. The summed E-state index contributed by atoms with van der Waals surface area (Å²) in [4.78, 5) is 0. The van der Waals surface area contributed by atoms with E-state index < -0.39 is 0 Å². The molecule has 122 valence electrons. The van der Waals surface area contributed by atoms with Gasteiger partial charge in [0.1, 0.15) is 0 Å². The van der Waals surface area contributed by atoms with Gasteiger partial charge in [0.15, 0.2) is 0 Å². The van der Waals surface area contributed by atoms with Crippen molar-refractivity contribution in [3.05, 3.63) is 0 Å². The molecule has 3 heteroatoms. The molecular weight excluding hydrogens is 304 g/mol. The second-order valence-corrected chi connectivity index (χ2v) is 8.86. The van der Waals surface area contributed by atoms with Gasteiger partial charge in [-0.1, -0.05) is 93.7 Å². The van der Waals surface area contributed by atoms with Gasteiger partial charge in [-0.3, -0.25) is 0 Å². The molecule has 0 aromatic heterocycles. The lowest BCUT2D eigenvalue weighted by Crippen LogP contribution is -2.19. The molecule has 0 rings (SSSR count). The normalized spacial score (nSPS) is 13.1. The highest BCUT2D eigenvalue weighted by Gasteiger charge is 2.20. The van der Waals surface area contributed by atoms with Crippen LogP contribution in [0.1, 0.15) is 85.0 Å². The van der Waals surface area contributed by atoms with E-state index in [4.69, 9.17) is 11.6 Å². The highest BCUT2D eigenvalue weighted by atomic mass is 35.5. The minimum absolute atomic E-state index is 0.657. The Hall–Kier alpha value is 0.990. The van der Waals surface area contributed by atoms with Gasteiger partial charge in [-0.2, -0.15) is 0 Å². The third kappa shape index (κ3) is 11.6. The summed E-state index contributed by atoms with van der Waals surface area (Å²) in [7, 11) is 4.03. The van der Waals surface area contributed by atoms with Crippen molar-refractivity contribution in [2.24, 2.45) is 5.92 Å². The lowest BCUT2D eigenvalue weighted by molar-refractivity contribution is 0.406. The standard InChI is InChI=1S/C17H35ClS2/c1-4-7-9-11-13-16(14-12-10-8-5-2)17(15-18)20-19-6-3/h16-17H,4-15H2,1-3H3. The van der Waals surface area contributed by atoms with E-state index in [0.717, 1.165) is 11.8 Å². The van der Waals surface area contributed by atoms with E-state index in [9.17, 15) is 0 Å². The minimum atomic E-state index is 0.657. The van der Waals surface area contributed by atoms with Crippen molar-refractivity contribution >= 4 is 33.2 Å². The van der Waals surface area contributed by atoms with Gasteiger partial charge in [-0.15, -0.1) is 11.6 Å². The van der Waals surface area contributed by atoms with Crippen LogP contribution >= 0.6 is 33.2 Å². The highest BCUT2D eigenvalue weighted by Crippen LogP contribution is 2.36. The van der Waals surface area contributed by atoms with E-state index in [2.05, 4.69) is 20.8 Å². The van der Waals surface area contributed by atoms with E-state index in [-0.39, 0.29) is 0 Å². The third-order valence-electron chi connectivity index (χ3n) is 3.84. The SMILES string of the molecule is CCCCCCC(CCCCCC)C(CCl)SSCC. The zero-order valence-electron chi connectivity index (χ0n) is 13.8. The summed E-state index contributed by atoms with van der Waals surface area (Å²) in [5.74, 6) is 2.85. The number of alkyl halides is 1. The van der Waals surface area contributed by atoms with Crippen LogP contribution in [0.2, 0.25) is 0 Å². The molecule has 0 aliphatic carbocycles. The predicted octanol–water partition coefficient (Wildman–Crippen LogP) is 7.55. The molecule has 0 nitrogen and oxygen atoms in total. The maximum atomic E-state index is 6.24. The van der Waals surface area contributed by atoms with Gasteiger partial charge in [-0.05, 0) is 18.8 Å². The molecule has 0 aliphatic rings. The Morgan fingerprint density at radius 1 is 0.800 bits per heavy atom. The summed E-state index contributed by atoms with van der Waals surface area (Å²) in [5, 5.41) is 0.657. The van der Waals surface area contributed by atoms with Crippen molar-refractivity contribution in [1.82, 2.24) is 0 Å². The van der Waals surface area contributed by atoms with E-state index in [1.165, 1.54) is 70.0 Å². The van der Waals surface area contributed by atoms with Crippen molar-refractivity contribution in [2.45, 2.75) is 90.2 Å². The first-order chi connectivity index (χ1) is 9.79. The molecule has 0 aliphatic heterocycles. The van der Waals surface area contributed by atoms with E-state index in [0.29, 0.717) is 5.25 Å². The summed E-state index contributed by atoms with van der Waals surface area (Å²) in [6, 6.07) is 0. The van der Waals surface area contributed by atoms with Crippen LogP contribution in [0, 0.1) is 5.92 Å². The van der Waals surface area contributed by atoms with Gasteiger partial charge >= 0.3 is 0 Å². The number of rotatable bonds is 15. The Bertz CT molecular complexity index is 176. The van der Waals surface area contributed by atoms with Crippen LogP contribution < -0.4 is 0 Å². The molecule has 0 radical (unpaired) electrons. The lowest BCUT2D eigenvalue weighted by atomic mass is 9.92. The zero-order valence-corrected chi connectivity index (χ0v) is 16.2. The van der Waals surface area contributed by atoms with Crippen LogP contribution in [-0.4, -0.2) is 16.9 Å². The van der Waals surface area contributed by atoms with Crippen LogP contribution in [0.4, 0.5) is 0 Å². The molecule has 0 N–H and O–H groups in total. The highest BCUT2D eigenvalue weighted by molar-refractivity contribution is 8.76. The number of unbranched alkanes of at least 4 members (excludes halogenated alkanes) is 6. The molecule has 0 saturated carbocycles. The third-order valence-corrected chi connectivity index (χ3v) is 7.39. The average Bonchev–Trinajstić information content (AvgIpc) is 2.47. The summed E-state index contributed by atoms with van der Waals surface area (Å²) in [5.41, 5.74) is 0. The Balaban J connectivity index is 4.11. The fourth-order valence-corrected chi connectivity index (χ4v) is 5.63. The van der Waals surface area contributed by atoms with Crippen molar-refractivity contribution in [1.29, 1.82) is 0 Å². The first-order valence-electron chi connectivity index (χ1n) is 8.64. The van der Waals surface area contributed by atoms with E-state index in [1.54, 1.807) is 0 Å². The predicted molar refractivity (Wildman–Crippen MR) is 101 cm³/mol. The molecule has 0 heterocycles. The smallest absolute Gasteiger partial charge is 0.0353 e. The molecule has 0 amide bonds. The minimum Gasteiger partial charge on any atom is -0.125 e. The van der Waals surface area contributed by atoms with Crippen LogP contribution in [0.25, 0.3) is 0 Å². The average molecular weight is 339 g/mol. The molecule has 0 spiro atoms. The molecule has 1 unspecified atom stereocenters. The molecule has 0 saturated heterocycles. The van der Waals surface area contributed by atoms with E-state index in [1.807, 2.05) is 21.6 Å². The Labute approximate surface area is 141 Å². The monoisotopic (exact) mass is 338 g/mol. The van der Waals surface area contributed by atoms with Crippen molar-refractivity contribution in [2.75, 3.05) is 11.6 Å². The summed E-state index contributed by atoms with van der Waals surface area (Å²) in [6.45, 7) is 6.82. The fourth-order valence-electron chi connectivity index (χ4n) is 2.57. The lowest BCUT2D eigenvalue weighted by Gasteiger charge is -2.25. The molecule has 1 atom stereocenters. The number of hydrogen-bond donors (Lipinski definition) is 0. The van der Waals surface area contributed by atoms with Gasteiger partial charge in [0.05, 0.1) is 0 Å². The summed E-state index contributed by atoms with van der Waals surface area (Å²) in [6.07, 6.45) is 13.8. The van der Waals surface area contributed by atoms with Gasteiger partial charge in [0.2, 0.25) is 0 Å². The topological polar surface area (TPSA) is 0 Å². The van der Waals surface area contributed by atoms with Gasteiger partial charge in [-0.25, -0.2) is 0 Å². The molecule has 20 heavy (non-hydrogen) atoms. The van der Waals surface area contributed by atoms with Gasteiger partial charge in [0, 0.05) is 16.9 Å². The first-order valence-corrected chi connectivity index (χ1v) is 11.6. The Morgan fingerprint density at radius 2 is 1.35 bits per heavy atom. The van der Waals surface area contributed by atoms with E-state index >= 15 is 0 Å². The van der Waals surface area contributed by atoms with Crippen LogP contribution in [0.15, 0.2) is 0 Å². The maximum Gasteiger partial charge on any atom is 0.0353 e.